The average molecular weight is 241 g/mol. The molecule has 94 valence electrons. The van der Waals surface area contributed by atoms with E-state index in [2.05, 4.69) is 23.3 Å². The molecule has 1 aliphatic rings. The zero-order valence-corrected chi connectivity index (χ0v) is 10.7. The smallest absolute Gasteiger partial charge is 0.126 e. The Hall–Kier alpha value is -1.77. The van der Waals surface area contributed by atoms with Crippen LogP contribution in [0, 0.1) is 5.41 Å². The maximum absolute atomic E-state index is 5.76. The molecule has 3 heteroatoms. The minimum absolute atomic E-state index is 0.539. The van der Waals surface area contributed by atoms with Crippen LogP contribution in [0.3, 0.4) is 0 Å². The maximum Gasteiger partial charge on any atom is 0.126 e. The number of nitrogen functional groups attached to an aromatic ring is 1. The Balaban J connectivity index is 1.79. The van der Waals surface area contributed by atoms with Gasteiger partial charge in [0.25, 0.3) is 0 Å². The van der Waals surface area contributed by atoms with Crippen LogP contribution in [-0.2, 0) is 0 Å². The molecule has 1 aromatic carbocycles. The van der Waals surface area contributed by atoms with Crippen LogP contribution in [0.15, 0.2) is 30.3 Å². The summed E-state index contributed by atoms with van der Waals surface area (Å²) in [5.41, 5.74) is 8.08. The topological polar surface area (TPSA) is 50.9 Å². The molecule has 0 amide bonds. The number of rotatable bonds is 4. The fourth-order valence-corrected chi connectivity index (χ4v) is 2.35. The van der Waals surface area contributed by atoms with Gasteiger partial charge in [-0.1, -0.05) is 6.92 Å². The number of nitrogens with zero attached hydrogens (tertiary/aromatic N) is 1. The van der Waals surface area contributed by atoms with E-state index in [4.69, 9.17) is 5.73 Å². The molecule has 1 aromatic heterocycles. The van der Waals surface area contributed by atoms with E-state index in [-0.39, 0.29) is 0 Å². The molecule has 3 nitrogen and oxygen atoms in total. The van der Waals surface area contributed by atoms with Crippen molar-refractivity contribution in [2.75, 3.05) is 17.6 Å². The molecule has 0 unspecified atom stereocenters. The Morgan fingerprint density at radius 1 is 1.28 bits per heavy atom. The quantitative estimate of drug-likeness (QED) is 0.806. The Kier molecular flexibility index (Phi) is 2.62. The molecule has 18 heavy (non-hydrogen) atoms. The number of benzene rings is 1. The average Bonchev–Trinajstić information content (AvgIpc) is 3.17. The van der Waals surface area contributed by atoms with Gasteiger partial charge >= 0.3 is 0 Å². The summed E-state index contributed by atoms with van der Waals surface area (Å²) in [7, 11) is 0. The van der Waals surface area contributed by atoms with E-state index in [0.29, 0.717) is 5.41 Å². The highest BCUT2D eigenvalue weighted by Gasteiger charge is 2.40. The molecule has 0 atom stereocenters. The van der Waals surface area contributed by atoms with Gasteiger partial charge in [-0.15, -0.1) is 0 Å². The van der Waals surface area contributed by atoms with Crippen molar-refractivity contribution in [3.63, 3.8) is 0 Å². The van der Waals surface area contributed by atoms with Gasteiger partial charge in [0.15, 0.2) is 0 Å². The van der Waals surface area contributed by atoms with Gasteiger partial charge in [0.2, 0.25) is 0 Å². The van der Waals surface area contributed by atoms with Crippen molar-refractivity contribution in [3.05, 3.63) is 30.3 Å². The molecule has 2 aromatic rings. The SMILES string of the molecule is CCC1(CNc2ccc3cc(N)ccc3n2)CC1. The van der Waals surface area contributed by atoms with Crippen LogP contribution in [-0.4, -0.2) is 11.5 Å². The van der Waals surface area contributed by atoms with Crippen molar-refractivity contribution in [3.8, 4) is 0 Å². The third kappa shape index (κ3) is 2.13. The Morgan fingerprint density at radius 2 is 2.11 bits per heavy atom. The summed E-state index contributed by atoms with van der Waals surface area (Å²) in [6, 6.07) is 9.94. The molecule has 0 spiro atoms. The van der Waals surface area contributed by atoms with Gasteiger partial charge < -0.3 is 11.1 Å². The molecule has 1 fully saturated rings. The Morgan fingerprint density at radius 3 is 2.83 bits per heavy atom. The Labute approximate surface area is 107 Å². The first kappa shape index (κ1) is 11.3. The molecular weight excluding hydrogens is 222 g/mol. The molecule has 1 heterocycles. The van der Waals surface area contributed by atoms with E-state index >= 15 is 0 Å². The number of fused-ring (bicyclic) bond motifs is 1. The first-order valence-corrected chi connectivity index (χ1v) is 6.61. The summed E-state index contributed by atoms with van der Waals surface area (Å²) in [4.78, 5) is 4.61. The normalized spacial score (nSPS) is 16.7. The van der Waals surface area contributed by atoms with E-state index < -0.39 is 0 Å². The number of hydrogen-bond acceptors (Lipinski definition) is 3. The minimum Gasteiger partial charge on any atom is -0.399 e. The van der Waals surface area contributed by atoms with Gasteiger partial charge in [-0.2, -0.15) is 0 Å². The summed E-state index contributed by atoms with van der Waals surface area (Å²) in [5, 5.41) is 4.56. The maximum atomic E-state index is 5.76. The number of pyridine rings is 1. The predicted octanol–water partition coefficient (Wildman–Crippen LogP) is 3.42. The van der Waals surface area contributed by atoms with Crippen molar-refractivity contribution >= 4 is 22.4 Å². The monoisotopic (exact) mass is 241 g/mol. The number of anilines is 2. The van der Waals surface area contributed by atoms with E-state index in [1.807, 2.05) is 24.3 Å². The molecule has 0 saturated heterocycles. The lowest BCUT2D eigenvalue weighted by Crippen LogP contribution is -2.15. The second kappa shape index (κ2) is 4.16. The summed E-state index contributed by atoms with van der Waals surface area (Å²) in [6.45, 7) is 3.31. The molecule has 0 radical (unpaired) electrons. The van der Waals surface area contributed by atoms with E-state index in [9.17, 15) is 0 Å². The third-order valence-electron chi connectivity index (χ3n) is 4.06. The summed E-state index contributed by atoms with van der Waals surface area (Å²) in [6.07, 6.45) is 3.95. The van der Waals surface area contributed by atoms with Crippen LogP contribution in [0.5, 0.6) is 0 Å². The number of nitrogens with two attached hydrogens (primary N) is 1. The summed E-state index contributed by atoms with van der Waals surface area (Å²) in [5.74, 6) is 0.965. The highest BCUT2D eigenvalue weighted by molar-refractivity contribution is 5.83. The van der Waals surface area contributed by atoms with Crippen LogP contribution in [0.4, 0.5) is 11.5 Å². The molecule has 0 bridgehead atoms. The first-order chi connectivity index (χ1) is 8.71. The van der Waals surface area contributed by atoms with Crippen molar-refractivity contribution < 1.29 is 0 Å². The van der Waals surface area contributed by atoms with Crippen LogP contribution in [0.2, 0.25) is 0 Å². The fourth-order valence-electron chi connectivity index (χ4n) is 2.35. The third-order valence-corrected chi connectivity index (χ3v) is 4.06. The van der Waals surface area contributed by atoms with Gasteiger partial charge in [0.1, 0.15) is 5.82 Å². The zero-order chi connectivity index (χ0) is 12.6. The standard InChI is InChI=1S/C15H19N3/c1-2-15(7-8-15)10-17-14-6-3-11-9-12(16)4-5-13(11)18-14/h3-6,9H,2,7-8,10,16H2,1H3,(H,17,18). The zero-order valence-electron chi connectivity index (χ0n) is 10.7. The van der Waals surface area contributed by atoms with Crippen LogP contribution < -0.4 is 11.1 Å². The lowest BCUT2D eigenvalue weighted by atomic mass is 10.0. The molecule has 3 rings (SSSR count). The van der Waals surface area contributed by atoms with Gasteiger partial charge in [0.05, 0.1) is 5.52 Å². The second-order valence-corrected chi connectivity index (χ2v) is 5.36. The summed E-state index contributed by atoms with van der Waals surface area (Å²) >= 11 is 0. The lowest BCUT2D eigenvalue weighted by molar-refractivity contribution is 0.521. The number of aromatic nitrogens is 1. The van der Waals surface area contributed by atoms with Crippen LogP contribution in [0.25, 0.3) is 10.9 Å². The van der Waals surface area contributed by atoms with E-state index in [1.165, 1.54) is 19.3 Å². The highest BCUT2D eigenvalue weighted by Crippen LogP contribution is 2.48. The van der Waals surface area contributed by atoms with E-state index in [0.717, 1.165) is 29.0 Å². The van der Waals surface area contributed by atoms with Gasteiger partial charge in [0, 0.05) is 17.6 Å². The van der Waals surface area contributed by atoms with Crippen LogP contribution in [0.1, 0.15) is 26.2 Å². The fraction of sp³-hybridized carbons (Fsp3) is 0.400. The largest absolute Gasteiger partial charge is 0.399 e. The molecule has 1 saturated carbocycles. The van der Waals surface area contributed by atoms with Gasteiger partial charge in [-0.25, -0.2) is 4.98 Å². The molecule has 0 aliphatic heterocycles. The van der Waals surface area contributed by atoms with Crippen molar-refractivity contribution in [1.29, 1.82) is 0 Å². The Bertz CT molecular complexity index is 573. The molecule has 1 aliphatic carbocycles. The van der Waals surface area contributed by atoms with Crippen molar-refractivity contribution in [2.24, 2.45) is 5.41 Å². The van der Waals surface area contributed by atoms with E-state index in [1.54, 1.807) is 0 Å². The number of hydrogen-bond donors (Lipinski definition) is 2. The lowest BCUT2D eigenvalue weighted by Gasteiger charge is -2.14. The summed E-state index contributed by atoms with van der Waals surface area (Å²) < 4.78 is 0. The first-order valence-electron chi connectivity index (χ1n) is 6.61. The van der Waals surface area contributed by atoms with Crippen molar-refractivity contribution in [2.45, 2.75) is 26.2 Å². The van der Waals surface area contributed by atoms with Crippen molar-refractivity contribution in [1.82, 2.24) is 4.98 Å². The predicted molar refractivity (Wildman–Crippen MR) is 76.6 cm³/mol. The second-order valence-electron chi connectivity index (χ2n) is 5.36. The number of nitrogens with one attached hydrogen (secondary N) is 1. The molecule has 3 N–H and O–H groups in total. The highest BCUT2D eigenvalue weighted by atomic mass is 15.0. The van der Waals surface area contributed by atoms with Gasteiger partial charge in [-0.3, -0.25) is 0 Å². The van der Waals surface area contributed by atoms with Crippen LogP contribution >= 0.6 is 0 Å². The molecular formula is C15H19N3. The minimum atomic E-state index is 0.539. The van der Waals surface area contributed by atoms with Gasteiger partial charge in [-0.05, 0) is 55.0 Å².